The Morgan fingerprint density at radius 1 is 1.06 bits per heavy atom. The number of carbonyl (C=O) groups is 2. The number of nitro benzene ring substituents is 2. The van der Waals surface area contributed by atoms with Crippen LogP contribution in [0.4, 0.5) is 17.1 Å². The van der Waals surface area contributed by atoms with Gasteiger partial charge in [-0.25, -0.2) is 0 Å². The van der Waals surface area contributed by atoms with Gasteiger partial charge in [0.15, 0.2) is 4.80 Å². The highest BCUT2D eigenvalue weighted by Gasteiger charge is 2.23. The Morgan fingerprint density at radius 2 is 1.81 bits per heavy atom. The molecule has 4 rings (SSSR count). The topological polar surface area (TPSA) is 150 Å². The maximum atomic E-state index is 13.1. The van der Waals surface area contributed by atoms with E-state index in [4.69, 9.17) is 4.74 Å². The fourth-order valence-electron chi connectivity index (χ4n) is 4.11. The number of carbonyl (C=O) groups excluding carboxylic acids is 2. The first-order valence-electron chi connectivity index (χ1n) is 11.3. The van der Waals surface area contributed by atoms with Gasteiger partial charge in [0.2, 0.25) is 0 Å². The first-order valence-corrected chi connectivity index (χ1v) is 12.2. The molecule has 0 aliphatic carbocycles. The molecule has 0 atom stereocenters. The molecule has 0 spiro atoms. The van der Waals surface area contributed by atoms with Crippen LogP contribution in [0.2, 0.25) is 0 Å². The second-order valence-corrected chi connectivity index (χ2v) is 9.12. The van der Waals surface area contributed by atoms with Crippen LogP contribution in [0.5, 0.6) is 0 Å². The number of fused-ring (bicyclic) bond motifs is 1. The molecule has 1 fully saturated rings. The van der Waals surface area contributed by atoms with Crippen molar-refractivity contribution in [2.75, 3.05) is 24.6 Å². The van der Waals surface area contributed by atoms with Crippen molar-refractivity contribution in [3.05, 3.63) is 67.0 Å². The summed E-state index contributed by atoms with van der Waals surface area (Å²) in [4.78, 5) is 53.3. The van der Waals surface area contributed by atoms with Crippen LogP contribution in [0.3, 0.4) is 0 Å². The fourth-order valence-corrected chi connectivity index (χ4v) is 5.17. The molecule has 0 unspecified atom stereocenters. The molecule has 0 bridgehead atoms. The summed E-state index contributed by atoms with van der Waals surface area (Å²) in [7, 11) is 0. The average molecular weight is 514 g/mol. The molecule has 188 valence electrons. The third kappa shape index (κ3) is 5.25. The summed E-state index contributed by atoms with van der Waals surface area (Å²) in [6, 6.07) is 8.38. The molecule has 0 saturated carbocycles. The van der Waals surface area contributed by atoms with Crippen LogP contribution in [0.1, 0.15) is 36.5 Å². The summed E-state index contributed by atoms with van der Waals surface area (Å²) in [5.41, 5.74) is 0.631. The molecule has 36 heavy (non-hydrogen) atoms. The van der Waals surface area contributed by atoms with Gasteiger partial charge >= 0.3 is 5.97 Å². The highest BCUT2D eigenvalue weighted by molar-refractivity contribution is 7.16. The Labute approximate surface area is 208 Å². The summed E-state index contributed by atoms with van der Waals surface area (Å²) in [6.07, 6.45) is 2.96. The first-order chi connectivity index (χ1) is 17.3. The van der Waals surface area contributed by atoms with Crippen molar-refractivity contribution in [1.82, 2.24) is 4.57 Å². The summed E-state index contributed by atoms with van der Waals surface area (Å²) in [6.45, 7) is 2.98. The third-order valence-corrected chi connectivity index (χ3v) is 6.82. The number of piperidine rings is 1. The Hall–Kier alpha value is -4.13. The fraction of sp³-hybridized carbons (Fsp3) is 0.348. The standard InChI is InChI=1S/C23H23N5O7S/c1-2-35-21(29)14-26-18-9-7-16(27(31)32)13-20(18)36-23(26)24-22(30)15-6-8-17(19(12-15)28(33)34)25-10-4-3-5-11-25/h6-9,12-13H,2-5,10-11,14H2,1H3. The van der Waals surface area contributed by atoms with Crippen LogP contribution in [0, 0.1) is 20.2 Å². The van der Waals surface area contributed by atoms with Gasteiger partial charge in [-0.05, 0) is 44.4 Å². The molecule has 13 heteroatoms. The number of nitro groups is 2. The zero-order valence-electron chi connectivity index (χ0n) is 19.4. The second kappa shape index (κ2) is 10.6. The number of esters is 1. The van der Waals surface area contributed by atoms with Crippen molar-refractivity contribution in [2.45, 2.75) is 32.7 Å². The molecule has 3 aromatic rings. The molecule has 1 amide bonds. The number of non-ortho nitro benzene ring substituents is 1. The number of rotatable bonds is 7. The summed E-state index contributed by atoms with van der Waals surface area (Å²) < 4.78 is 6.91. The van der Waals surface area contributed by atoms with E-state index in [-0.39, 0.29) is 34.9 Å². The van der Waals surface area contributed by atoms with Crippen LogP contribution in [0.15, 0.2) is 41.4 Å². The number of nitrogens with zero attached hydrogens (tertiary/aromatic N) is 5. The first kappa shape index (κ1) is 25.0. The van der Waals surface area contributed by atoms with E-state index in [9.17, 15) is 29.8 Å². The minimum atomic E-state index is -0.734. The number of benzene rings is 2. The Balaban J connectivity index is 1.77. The Bertz CT molecular complexity index is 1420. The molecule has 2 aromatic carbocycles. The second-order valence-electron chi connectivity index (χ2n) is 8.11. The van der Waals surface area contributed by atoms with Crippen LogP contribution >= 0.6 is 11.3 Å². The summed E-state index contributed by atoms with van der Waals surface area (Å²) >= 11 is 0.996. The average Bonchev–Trinajstić information content (AvgIpc) is 3.20. The van der Waals surface area contributed by atoms with Crippen molar-refractivity contribution >= 4 is 50.5 Å². The minimum Gasteiger partial charge on any atom is -0.465 e. The number of hydrogen-bond donors (Lipinski definition) is 0. The lowest BCUT2D eigenvalue weighted by molar-refractivity contribution is -0.384. The molecule has 1 aliphatic heterocycles. The normalized spacial score (nSPS) is 14.1. The molecule has 1 aromatic heterocycles. The maximum Gasteiger partial charge on any atom is 0.326 e. The lowest BCUT2D eigenvalue weighted by Crippen LogP contribution is -2.30. The van der Waals surface area contributed by atoms with E-state index < -0.39 is 21.7 Å². The van der Waals surface area contributed by atoms with E-state index in [1.54, 1.807) is 13.0 Å². The van der Waals surface area contributed by atoms with Gasteiger partial charge in [0.1, 0.15) is 12.2 Å². The van der Waals surface area contributed by atoms with E-state index in [1.165, 1.54) is 34.9 Å². The molecular formula is C23H23N5O7S. The van der Waals surface area contributed by atoms with Crippen LogP contribution < -0.4 is 9.70 Å². The summed E-state index contributed by atoms with van der Waals surface area (Å²) in [5, 5.41) is 23.0. The van der Waals surface area contributed by atoms with Crippen molar-refractivity contribution in [1.29, 1.82) is 0 Å². The van der Waals surface area contributed by atoms with Gasteiger partial charge in [-0.2, -0.15) is 4.99 Å². The SMILES string of the molecule is CCOC(=O)Cn1c(=NC(=O)c2ccc(N3CCCCC3)c([N+](=O)[O-])c2)sc2cc([N+](=O)[O-])ccc21. The van der Waals surface area contributed by atoms with Crippen molar-refractivity contribution in [3.63, 3.8) is 0 Å². The van der Waals surface area contributed by atoms with Gasteiger partial charge < -0.3 is 14.2 Å². The molecule has 12 nitrogen and oxygen atoms in total. The summed E-state index contributed by atoms with van der Waals surface area (Å²) in [5.74, 6) is -1.30. The van der Waals surface area contributed by atoms with E-state index in [0.717, 1.165) is 30.6 Å². The van der Waals surface area contributed by atoms with Crippen LogP contribution in [-0.4, -0.2) is 46.0 Å². The predicted molar refractivity (Wildman–Crippen MR) is 132 cm³/mol. The van der Waals surface area contributed by atoms with Crippen LogP contribution in [0.25, 0.3) is 10.2 Å². The Kier molecular flexibility index (Phi) is 7.38. The lowest BCUT2D eigenvalue weighted by atomic mass is 10.1. The van der Waals surface area contributed by atoms with Crippen LogP contribution in [-0.2, 0) is 16.1 Å². The highest BCUT2D eigenvalue weighted by Crippen LogP contribution is 2.31. The smallest absolute Gasteiger partial charge is 0.326 e. The molecule has 1 aliphatic rings. The number of amides is 1. The van der Waals surface area contributed by atoms with E-state index in [2.05, 4.69) is 4.99 Å². The molecule has 1 saturated heterocycles. The van der Waals surface area contributed by atoms with Gasteiger partial charge in [-0.15, -0.1) is 0 Å². The quantitative estimate of drug-likeness (QED) is 0.263. The van der Waals surface area contributed by atoms with Crippen molar-refractivity contribution in [3.8, 4) is 0 Å². The number of aromatic nitrogens is 1. The van der Waals surface area contributed by atoms with E-state index in [1.807, 2.05) is 4.90 Å². The Morgan fingerprint density at radius 3 is 2.47 bits per heavy atom. The maximum absolute atomic E-state index is 13.1. The van der Waals surface area contributed by atoms with E-state index in [0.29, 0.717) is 29.0 Å². The minimum absolute atomic E-state index is 0.0218. The molecule has 0 N–H and O–H groups in total. The number of hydrogen-bond acceptors (Lipinski definition) is 9. The molecule has 0 radical (unpaired) electrons. The van der Waals surface area contributed by atoms with Crippen molar-refractivity contribution in [2.24, 2.45) is 4.99 Å². The zero-order valence-corrected chi connectivity index (χ0v) is 20.2. The van der Waals surface area contributed by atoms with Gasteiger partial charge in [0.25, 0.3) is 17.3 Å². The number of anilines is 1. The molecule has 2 heterocycles. The van der Waals surface area contributed by atoms with Gasteiger partial charge in [-0.3, -0.25) is 29.8 Å². The third-order valence-electron chi connectivity index (χ3n) is 5.78. The van der Waals surface area contributed by atoms with Gasteiger partial charge in [-0.1, -0.05) is 11.3 Å². The highest BCUT2D eigenvalue weighted by atomic mass is 32.1. The predicted octanol–water partition coefficient (Wildman–Crippen LogP) is 3.81. The van der Waals surface area contributed by atoms with Crippen molar-refractivity contribution < 1.29 is 24.2 Å². The number of ether oxygens (including phenoxy) is 1. The number of thiazole rings is 1. The van der Waals surface area contributed by atoms with Gasteiger partial charge in [0.05, 0.1) is 26.7 Å². The zero-order chi connectivity index (χ0) is 25.8. The monoisotopic (exact) mass is 513 g/mol. The molecular weight excluding hydrogens is 490 g/mol. The van der Waals surface area contributed by atoms with Gasteiger partial charge in [0, 0.05) is 36.9 Å². The lowest BCUT2D eigenvalue weighted by Gasteiger charge is -2.28. The largest absolute Gasteiger partial charge is 0.465 e. The van der Waals surface area contributed by atoms with E-state index >= 15 is 0 Å².